The fourth-order valence-electron chi connectivity index (χ4n) is 1.74. The van der Waals surface area contributed by atoms with Crippen LogP contribution < -0.4 is 4.74 Å². The summed E-state index contributed by atoms with van der Waals surface area (Å²) >= 11 is 0. The van der Waals surface area contributed by atoms with E-state index in [1.165, 1.54) is 7.11 Å². The second kappa shape index (κ2) is 7.67. The first kappa shape index (κ1) is 14.5. The molecule has 1 aromatic rings. The molecule has 0 unspecified atom stereocenters. The molecule has 0 aliphatic carbocycles. The van der Waals surface area contributed by atoms with Crippen LogP contribution in [-0.4, -0.2) is 48.5 Å². The number of hydrogen-bond acceptors (Lipinski definition) is 5. The number of aliphatic hydroxyl groups excluding tert-OH is 2. The van der Waals surface area contributed by atoms with Crippen molar-refractivity contribution >= 4 is 0 Å². The minimum absolute atomic E-state index is 0.0490. The second-order valence-corrected chi connectivity index (χ2v) is 3.87. The maximum atomic E-state index is 8.93. The Kier molecular flexibility index (Phi) is 6.15. The SMILES string of the molecule is COc1cc(CN(CCO)CCO)ccc1C#N. The molecule has 1 aromatic carbocycles. The number of ether oxygens (including phenoxy) is 1. The van der Waals surface area contributed by atoms with Gasteiger partial charge in [0, 0.05) is 19.6 Å². The average molecular weight is 250 g/mol. The van der Waals surface area contributed by atoms with Gasteiger partial charge in [-0.1, -0.05) is 6.07 Å². The quantitative estimate of drug-likeness (QED) is 0.730. The van der Waals surface area contributed by atoms with Gasteiger partial charge in [-0.25, -0.2) is 0 Å². The molecule has 0 heterocycles. The van der Waals surface area contributed by atoms with Crippen LogP contribution in [0.1, 0.15) is 11.1 Å². The van der Waals surface area contributed by atoms with Gasteiger partial charge in [0.1, 0.15) is 11.8 Å². The van der Waals surface area contributed by atoms with Crippen molar-refractivity contribution in [3.8, 4) is 11.8 Å². The highest BCUT2D eigenvalue weighted by molar-refractivity contribution is 5.45. The summed E-state index contributed by atoms with van der Waals surface area (Å²) in [5.74, 6) is 0.544. The predicted octanol–water partition coefficient (Wildman–Crippen LogP) is 0.353. The highest BCUT2D eigenvalue weighted by atomic mass is 16.5. The maximum Gasteiger partial charge on any atom is 0.136 e. The molecule has 0 saturated carbocycles. The van der Waals surface area contributed by atoms with Crippen LogP contribution in [0.25, 0.3) is 0 Å². The first-order valence-electron chi connectivity index (χ1n) is 5.76. The lowest BCUT2D eigenvalue weighted by atomic mass is 10.1. The summed E-state index contributed by atoms with van der Waals surface area (Å²) in [6, 6.07) is 7.43. The maximum absolute atomic E-state index is 8.93. The molecule has 98 valence electrons. The van der Waals surface area contributed by atoms with E-state index < -0.39 is 0 Å². The van der Waals surface area contributed by atoms with Crippen LogP contribution in [-0.2, 0) is 6.54 Å². The van der Waals surface area contributed by atoms with Crippen LogP contribution in [0.5, 0.6) is 5.75 Å². The Labute approximate surface area is 107 Å². The minimum Gasteiger partial charge on any atom is -0.495 e. The molecule has 18 heavy (non-hydrogen) atoms. The first-order chi connectivity index (χ1) is 8.74. The second-order valence-electron chi connectivity index (χ2n) is 3.87. The van der Waals surface area contributed by atoms with Crippen LogP contribution in [0, 0.1) is 11.3 Å². The molecular formula is C13H18N2O3. The molecular weight excluding hydrogens is 232 g/mol. The number of nitrogens with zero attached hydrogens (tertiary/aromatic N) is 2. The van der Waals surface area contributed by atoms with Gasteiger partial charge in [-0.3, -0.25) is 4.90 Å². The molecule has 2 N–H and O–H groups in total. The van der Waals surface area contributed by atoms with E-state index in [4.69, 9.17) is 20.2 Å². The topological polar surface area (TPSA) is 76.7 Å². The van der Waals surface area contributed by atoms with Gasteiger partial charge in [0.2, 0.25) is 0 Å². The van der Waals surface area contributed by atoms with Crippen LogP contribution >= 0.6 is 0 Å². The van der Waals surface area contributed by atoms with Gasteiger partial charge in [0.05, 0.1) is 25.9 Å². The molecule has 0 aliphatic heterocycles. The summed E-state index contributed by atoms with van der Waals surface area (Å²) in [5.41, 5.74) is 1.48. The van der Waals surface area contributed by atoms with E-state index in [-0.39, 0.29) is 13.2 Å². The monoisotopic (exact) mass is 250 g/mol. The van der Waals surface area contributed by atoms with Crippen molar-refractivity contribution in [1.29, 1.82) is 5.26 Å². The van der Waals surface area contributed by atoms with E-state index in [0.717, 1.165) is 5.56 Å². The zero-order valence-electron chi connectivity index (χ0n) is 10.5. The summed E-state index contributed by atoms with van der Waals surface area (Å²) in [6.45, 7) is 1.70. The lowest BCUT2D eigenvalue weighted by Crippen LogP contribution is -2.29. The lowest BCUT2D eigenvalue weighted by molar-refractivity contribution is 0.156. The van der Waals surface area contributed by atoms with Crippen LogP contribution in [0.3, 0.4) is 0 Å². The van der Waals surface area contributed by atoms with Crippen LogP contribution in [0.15, 0.2) is 18.2 Å². The molecule has 5 heteroatoms. The third kappa shape index (κ3) is 4.00. The number of benzene rings is 1. The number of rotatable bonds is 7. The molecule has 0 spiro atoms. The number of methoxy groups -OCH3 is 1. The molecule has 0 aromatic heterocycles. The molecule has 0 aliphatic rings. The molecule has 0 bridgehead atoms. The Morgan fingerprint density at radius 2 is 1.94 bits per heavy atom. The smallest absolute Gasteiger partial charge is 0.136 e. The largest absolute Gasteiger partial charge is 0.495 e. The summed E-state index contributed by atoms with van der Waals surface area (Å²) in [6.07, 6.45) is 0. The molecule has 0 fully saturated rings. The van der Waals surface area contributed by atoms with E-state index in [1.807, 2.05) is 11.0 Å². The summed E-state index contributed by atoms with van der Waals surface area (Å²) in [5, 5.41) is 26.8. The minimum atomic E-state index is 0.0490. The Morgan fingerprint density at radius 1 is 1.28 bits per heavy atom. The van der Waals surface area contributed by atoms with Gasteiger partial charge in [-0.2, -0.15) is 5.26 Å². The van der Waals surface area contributed by atoms with E-state index >= 15 is 0 Å². The number of hydrogen-bond donors (Lipinski definition) is 2. The number of aliphatic hydroxyl groups is 2. The van der Waals surface area contributed by atoms with Crippen molar-refractivity contribution < 1.29 is 14.9 Å². The van der Waals surface area contributed by atoms with Crippen molar-refractivity contribution in [2.45, 2.75) is 6.54 Å². The molecule has 5 nitrogen and oxygen atoms in total. The third-order valence-electron chi connectivity index (χ3n) is 2.63. The van der Waals surface area contributed by atoms with Crippen LogP contribution in [0.2, 0.25) is 0 Å². The van der Waals surface area contributed by atoms with Crippen molar-refractivity contribution in [2.24, 2.45) is 0 Å². The van der Waals surface area contributed by atoms with Gasteiger partial charge >= 0.3 is 0 Å². The zero-order valence-corrected chi connectivity index (χ0v) is 10.5. The summed E-state index contributed by atoms with van der Waals surface area (Å²) in [7, 11) is 1.53. The highest BCUT2D eigenvalue weighted by Crippen LogP contribution is 2.20. The van der Waals surface area contributed by atoms with Crippen LogP contribution in [0.4, 0.5) is 0 Å². The average Bonchev–Trinajstić information content (AvgIpc) is 2.39. The standard InChI is InChI=1S/C13H18N2O3/c1-18-13-8-11(2-3-12(13)9-14)10-15(4-6-16)5-7-17/h2-3,8,16-17H,4-7,10H2,1H3. The van der Waals surface area contributed by atoms with E-state index in [9.17, 15) is 0 Å². The van der Waals surface area contributed by atoms with Crippen molar-refractivity contribution in [2.75, 3.05) is 33.4 Å². The Bertz CT molecular complexity index is 409. The van der Waals surface area contributed by atoms with E-state index in [1.54, 1.807) is 12.1 Å². The normalized spacial score (nSPS) is 10.4. The molecule has 0 atom stereocenters. The zero-order chi connectivity index (χ0) is 13.4. The first-order valence-corrected chi connectivity index (χ1v) is 5.76. The van der Waals surface area contributed by atoms with E-state index in [0.29, 0.717) is 30.9 Å². The summed E-state index contributed by atoms with van der Waals surface area (Å²) in [4.78, 5) is 1.93. The Morgan fingerprint density at radius 3 is 2.44 bits per heavy atom. The molecule has 0 amide bonds. The lowest BCUT2D eigenvalue weighted by Gasteiger charge is -2.20. The van der Waals surface area contributed by atoms with Crippen molar-refractivity contribution in [3.05, 3.63) is 29.3 Å². The predicted molar refractivity (Wildman–Crippen MR) is 67.2 cm³/mol. The Hall–Kier alpha value is -1.61. The van der Waals surface area contributed by atoms with Gasteiger partial charge in [-0.15, -0.1) is 0 Å². The van der Waals surface area contributed by atoms with Crippen molar-refractivity contribution in [1.82, 2.24) is 4.90 Å². The summed E-state index contributed by atoms with van der Waals surface area (Å²) < 4.78 is 5.14. The molecule has 0 saturated heterocycles. The van der Waals surface area contributed by atoms with E-state index in [2.05, 4.69) is 6.07 Å². The number of nitriles is 1. The van der Waals surface area contributed by atoms with Gasteiger partial charge < -0.3 is 14.9 Å². The third-order valence-corrected chi connectivity index (χ3v) is 2.63. The van der Waals surface area contributed by atoms with Crippen molar-refractivity contribution in [3.63, 3.8) is 0 Å². The molecule has 0 radical (unpaired) electrons. The van der Waals surface area contributed by atoms with Gasteiger partial charge in [0.15, 0.2) is 0 Å². The Balaban J connectivity index is 2.80. The van der Waals surface area contributed by atoms with Gasteiger partial charge in [0.25, 0.3) is 0 Å². The molecule has 1 rings (SSSR count). The highest BCUT2D eigenvalue weighted by Gasteiger charge is 2.08. The fourth-order valence-corrected chi connectivity index (χ4v) is 1.74. The van der Waals surface area contributed by atoms with Gasteiger partial charge in [-0.05, 0) is 17.7 Å². The fraction of sp³-hybridized carbons (Fsp3) is 0.462.